The summed E-state index contributed by atoms with van der Waals surface area (Å²) >= 11 is 0. The zero-order chi connectivity index (χ0) is 10.5. The smallest absolute Gasteiger partial charge is 0.323 e. The van der Waals surface area contributed by atoms with Crippen molar-refractivity contribution in [3.05, 3.63) is 12.7 Å². The number of carbonyl (C=O) groups excluding carboxylic acids is 1. The summed E-state index contributed by atoms with van der Waals surface area (Å²) < 4.78 is 4.65. The molecular formula is C9H14O4. The summed E-state index contributed by atoms with van der Waals surface area (Å²) in [5, 5.41) is 8.81. The van der Waals surface area contributed by atoms with Gasteiger partial charge in [0, 0.05) is 0 Å². The molecule has 0 bridgehead atoms. The maximum Gasteiger partial charge on any atom is 0.323 e. The van der Waals surface area contributed by atoms with Crippen LogP contribution in [0.15, 0.2) is 12.7 Å². The van der Waals surface area contributed by atoms with Gasteiger partial charge in [0.2, 0.25) is 0 Å². The Bertz CT molecular complexity index is 222. The Labute approximate surface area is 77.2 Å². The first-order chi connectivity index (χ1) is 5.99. The number of allylic oxidation sites excluding steroid dienone is 1. The first kappa shape index (κ1) is 11.7. The molecule has 4 heteroatoms. The molecule has 0 saturated carbocycles. The Kier molecular flexibility index (Phi) is 4.17. The quantitative estimate of drug-likeness (QED) is 0.398. The predicted molar refractivity (Wildman–Crippen MR) is 47.2 cm³/mol. The molecule has 1 atom stereocenters. The van der Waals surface area contributed by atoms with Crippen molar-refractivity contribution in [2.24, 2.45) is 5.41 Å². The zero-order valence-electron chi connectivity index (χ0n) is 7.87. The Balaban J connectivity index is 4.67. The number of esters is 1. The Morgan fingerprint density at radius 2 is 2.15 bits per heavy atom. The third-order valence-corrected chi connectivity index (χ3v) is 1.75. The fourth-order valence-electron chi connectivity index (χ4n) is 0.837. The minimum absolute atomic E-state index is 0.0706. The lowest BCUT2D eigenvalue weighted by atomic mass is 9.87. The number of aliphatic carboxylic acids is 1. The monoisotopic (exact) mass is 186 g/mol. The summed E-state index contributed by atoms with van der Waals surface area (Å²) in [4.78, 5) is 22.0. The van der Waals surface area contributed by atoms with E-state index in [9.17, 15) is 9.59 Å². The maximum absolute atomic E-state index is 11.2. The number of carbonyl (C=O) groups is 2. The molecule has 1 N–H and O–H groups in total. The molecule has 0 saturated heterocycles. The van der Waals surface area contributed by atoms with Gasteiger partial charge in [-0.1, -0.05) is 6.08 Å². The molecular weight excluding hydrogens is 172 g/mol. The largest absolute Gasteiger partial charge is 0.480 e. The lowest BCUT2D eigenvalue weighted by Gasteiger charge is -2.20. The van der Waals surface area contributed by atoms with Crippen molar-refractivity contribution >= 4 is 11.9 Å². The van der Waals surface area contributed by atoms with Crippen LogP contribution in [0.1, 0.15) is 20.3 Å². The van der Waals surface area contributed by atoms with E-state index in [4.69, 9.17) is 5.11 Å². The van der Waals surface area contributed by atoms with Crippen LogP contribution in [0.4, 0.5) is 0 Å². The van der Waals surface area contributed by atoms with Crippen LogP contribution in [0.3, 0.4) is 0 Å². The first-order valence-electron chi connectivity index (χ1n) is 4.00. The molecule has 0 rings (SSSR count). The lowest BCUT2D eigenvalue weighted by molar-refractivity contribution is -0.166. The van der Waals surface area contributed by atoms with Crippen molar-refractivity contribution in [1.29, 1.82) is 0 Å². The van der Waals surface area contributed by atoms with Gasteiger partial charge in [0.1, 0.15) is 0 Å². The SMILES string of the molecule is C=CC[C@@](C)(C(=O)O)C(=O)OCC. The summed E-state index contributed by atoms with van der Waals surface area (Å²) in [6, 6.07) is 0. The molecule has 0 spiro atoms. The van der Waals surface area contributed by atoms with Crippen LogP contribution in [0.5, 0.6) is 0 Å². The van der Waals surface area contributed by atoms with E-state index in [0.717, 1.165) is 0 Å². The van der Waals surface area contributed by atoms with Crippen molar-refractivity contribution in [3.63, 3.8) is 0 Å². The van der Waals surface area contributed by atoms with Crippen LogP contribution in [0.25, 0.3) is 0 Å². The van der Waals surface area contributed by atoms with Gasteiger partial charge in [-0.05, 0) is 20.3 Å². The van der Waals surface area contributed by atoms with E-state index in [-0.39, 0.29) is 13.0 Å². The molecule has 0 aromatic heterocycles. The molecule has 0 unspecified atom stereocenters. The molecule has 0 aliphatic rings. The number of ether oxygens (including phenoxy) is 1. The van der Waals surface area contributed by atoms with E-state index >= 15 is 0 Å². The van der Waals surface area contributed by atoms with Crippen molar-refractivity contribution in [2.45, 2.75) is 20.3 Å². The fourth-order valence-corrected chi connectivity index (χ4v) is 0.837. The average molecular weight is 186 g/mol. The predicted octanol–water partition coefficient (Wildman–Crippen LogP) is 1.22. The summed E-state index contributed by atoms with van der Waals surface area (Å²) in [5.74, 6) is -1.91. The second kappa shape index (κ2) is 4.64. The number of hydrogen-bond donors (Lipinski definition) is 1. The molecule has 0 aliphatic carbocycles. The van der Waals surface area contributed by atoms with E-state index < -0.39 is 17.4 Å². The summed E-state index contributed by atoms with van der Waals surface area (Å²) in [7, 11) is 0. The Hall–Kier alpha value is -1.32. The minimum Gasteiger partial charge on any atom is -0.480 e. The van der Waals surface area contributed by atoms with Crippen LogP contribution in [-0.4, -0.2) is 23.7 Å². The number of rotatable bonds is 5. The van der Waals surface area contributed by atoms with E-state index in [0.29, 0.717) is 0 Å². The van der Waals surface area contributed by atoms with Crippen molar-refractivity contribution in [2.75, 3.05) is 6.61 Å². The molecule has 0 aromatic carbocycles. The minimum atomic E-state index is -1.50. The summed E-state index contributed by atoms with van der Waals surface area (Å²) in [5.41, 5.74) is -1.50. The summed E-state index contributed by atoms with van der Waals surface area (Å²) in [6.45, 7) is 6.54. The van der Waals surface area contributed by atoms with Gasteiger partial charge < -0.3 is 9.84 Å². The average Bonchev–Trinajstić information content (AvgIpc) is 2.04. The van der Waals surface area contributed by atoms with Gasteiger partial charge in [-0.25, -0.2) is 0 Å². The van der Waals surface area contributed by atoms with Crippen molar-refractivity contribution in [1.82, 2.24) is 0 Å². The van der Waals surface area contributed by atoms with Crippen LogP contribution in [0.2, 0.25) is 0 Å². The highest BCUT2D eigenvalue weighted by atomic mass is 16.5. The summed E-state index contributed by atoms with van der Waals surface area (Å²) in [6.07, 6.45) is 1.46. The molecule has 74 valence electrons. The van der Waals surface area contributed by atoms with Gasteiger partial charge in [0.05, 0.1) is 6.61 Å². The van der Waals surface area contributed by atoms with Crippen LogP contribution in [-0.2, 0) is 14.3 Å². The molecule has 0 amide bonds. The third kappa shape index (κ3) is 2.57. The van der Waals surface area contributed by atoms with Crippen LogP contribution in [0, 0.1) is 5.41 Å². The maximum atomic E-state index is 11.2. The van der Waals surface area contributed by atoms with Gasteiger partial charge in [0.25, 0.3) is 0 Å². The van der Waals surface area contributed by atoms with Gasteiger partial charge in [-0.15, -0.1) is 6.58 Å². The number of hydrogen-bond acceptors (Lipinski definition) is 3. The third-order valence-electron chi connectivity index (χ3n) is 1.75. The molecule has 0 aromatic rings. The van der Waals surface area contributed by atoms with E-state index in [1.807, 2.05) is 0 Å². The van der Waals surface area contributed by atoms with Gasteiger partial charge in [-0.3, -0.25) is 9.59 Å². The fraction of sp³-hybridized carbons (Fsp3) is 0.556. The normalized spacial score (nSPS) is 14.3. The highest BCUT2D eigenvalue weighted by Gasteiger charge is 2.41. The van der Waals surface area contributed by atoms with E-state index in [2.05, 4.69) is 11.3 Å². The second-order valence-corrected chi connectivity index (χ2v) is 2.85. The van der Waals surface area contributed by atoms with E-state index in [1.165, 1.54) is 13.0 Å². The van der Waals surface area contributed by atoms with Crippen LogP contribution >= 0.6 is 0 Å². The van der Waals surface area contributed by atoms with Gasteiger partial charge in [-0.2, -0.15) is 0 Å². The van der Waals surface area contributed by atoms with Gasteiger partial charge in [0.15, 0.2) is 5.41 Å². The molecule has 4 nitrogen and oxygen atoms in total. The molecule has 0 fully saturated rings. The second-order valence-electron chi connectivity index (χ2n) is 2.85. The Morgan fingerprint density at radius 3 is 2.46 bits per heavy atom. The first-order valence-corrected chi connectivity index (χ1v) is 4.00. The molecule has 13 heavy (non-hydrogen) atoms. The van der Waals surface area contributed by atoms with Crippen molar-refractivity contribution < 1.29 is 19.4 Å². The standard InChI is InChI=1S/C9H14O4/c1-4-6-9(3,7(10)11)8(12)13-5-2/h4H,1,5-6H2,2-3H3,(H,10,11)/t9-/m0/s1. The zero-order valence-corrected chi connectivity index (χ0v) is 7.87. The van der Waals surface area contributed by atoms with Gasteiger partial charge >= 0.3 is 11.9 Å². The molecule has 0 aliphatic heterocycles. The van der Waals surface area contributed by atoms with Crippen LogP contribution < -0.4 is 0 Å². The molecule has 0 heterocycles. The number of carboxylic acids is 1. The van der Waals surface area contributed by atoms with E-state index in [1.54, 1.807) is 6.92 Å². The highest BCUT2D eigenvalue weighted by Crippen LogP contribution is 2.24. The highest BCUT2D eigenvalue weighted by molar-refractivity contribution is 5.98. The number of carboxylic acid groups (broad SMARTS) is 1. The lowest BCUT2D eigenvalue weighted by Crippen LogP contribution is -2.37. The molecule has 0 radical (unpaired) electrons. The van der Waals surface area contributed by atoms with Crippen molar-refractivity contribution in [3.8, 4) is 0 Å². The topological polar surface area (TPSA) is 63.6 Å². The Morgan fingerprint density at radius 1 is 1.62 bits per heavy atom.